The molecule has 0 saturated heterocycles. The fourth-order valence-electron chi connectivity index (χ4n) is 1.84. The van der Waals surface area contributed by atoms with Crippen molar-refractivity contribution in [3.8, 4) is 0 Å². The summed E-state index contributed by atoms with van der Waals surface area (Å²) in [5, 5.41) is 14.7. The minimum atomic E-state index is 0.505. The van der Waals surface area contributed by atoms with Crippen molar-refractivity contribution in [3.05, 3.63) is 30.6 Å². The third kappa shape index (κ3) is 4.90. The number of hydrogen-bond donors (Lipinski definition) is 2. The lowest BCUT2D eigenvalue weighted by atomic mass is 10.4. The fourth-order valence-corrected chi connectivity index (χ4v) is 1.84. The highest BCUT2D eigenvalue weighted by molar-refractivity contribution is 5.79. The second-order valence-electron chi connectivity index (χ2n) is 4.54. The van der Waals surface area contributed by atoms with E-state index in [1.807, 2.05) is 30.9 Å². The minimum absolute atomic E-state index is 0.505. The Kier molecular flexibility index (Phi) is 5.74. The van der Waals surface area contributed by atoms with Gasteiger partial charge in [-0.25, -0.2) is 9.98 Å². The third-order valence-corrected chi connectivity index (χ3v) is 2.94. The molecule has 21 heavy (non-hydrogen) atoms. The van der Waals surface area contributed by atoms with Crippen LogP contribution in [-0.4, -0.2) is 43.6 Å². The summed E-state index contributed by atoms with van der Waals surface area (Å²) in [4.78, 5) is 8.66. The number of nitrogens with one attached hydrogen (secondary N) is 2. The second kappa shape index (κ2) is 8.03. The standard InChI is InChI=1S/C13H22N8/c1-3-14-13(16-10-12-17-11-19-20(12)2)15-6-4-8-21-9-5-7-18-21/h5,7,9,11H,3-4,6,8,10H2,1-2H3,(H2,14,15,16). The smallest absolute Gasteiger partial charge is 0.191 e. The highest BCUT2D eigenvalue weighted by atomic mass is 15.3. The zero-order valence-corrected chi connectivity index (χ0v) is 12.5. The number of hydrogen-bond acceptors (Lipinski definition) is 4. The van der Waals surface area contributed by atoms with Crippen LogP contribution in [-0.2, 0) is 20.1 Å². The van der Waals surface area contributed by atoms with E-state index in [4.69, 9.17) is 0 Å². The van der Waals surface area contributed by atoms with E-state index in [-0.39, 0.29) is 0 Å². The third-order valence-electron chi connectivity index (χ3n) is 2.94. The van der Waals surface area contributed by atoms with E-state index in [1.165, 1.54) is 6.33 Å². The zero-order valence-electron chi connectivity index (χ0n) is 12.5. The van der Waals surface area contributed by atoms with Crippen molar-refractivity contribution in [1.29, 1.82) is 0 Å². The molecule has 0 radical (unpaired) electrons. The van der Waals surface area contributed by atoms with Crippen molar-refractivity contribution >= 4 is 5.96 Å². The molecule has 2 aromatic heterocycles. The number of guanidine groups is 1. The van der Waals surface area contributed by atoms with Gasteiger partial charge >= 0.3 is 0 Å². The van der Waals surface area contributed by atoms with Crippen molar-refractivity contribution in [1.82, 2.24) is 35.2 Å². The molecule has 0 aliphatic heterocycles. The van der Waals surface area contributed by atoms with Gasteiger partial charge in [0.25, 0.3) is 0 Å². The molecule has 2 aromatic rings. The molecule has 8 heteroatoms. The van der Waals surface area contributed by atoms with Gasteiger partial charge in [0.05, 0.1) is 0 Å². The van der Waals surface area contributed by atoms with Gasteiger partial charge in [-0.3, -0.25) is 9.36 Å². The highest BCUT2D eigenvalue weighted by Crippen LogP contribution is 1.93. The molecule has 0 amide bonds. The van der Waals surface area contributed by atoms with Crippen LogP contribution in [0.4, 0.5) is 0 Å². The van der Waals surface area contributed by atoms with E-state index in [1.54, 1.807) is 10.9 Å². The topological polar surface area (TPSA) is 85.0 Å². The van der Waals surface area contributed by atoms with Gasteiger partial charge in [0.15, 0.2) is 5.96 Å². The molecule has 2 N–H and O–H groups in total. The Hall–Kier alpha value is -2.38. The Morgan fingerprint density at radius 2 is 2.24 bits per heavy atom. The molecular formula is C13H22N8. The lowest BCUT2D eigenvalue weighted by Crippen LogP contribution is -2.38. The summed E-state index contributed by atoms with van der Waals surface area (Å²) in [6.45, 7) is 5.10. The van der Waals surface area contributed by atoms with Crippen LogP contribution in [0.3, 0.4) is 0 Å². The van der Waals surface area contributed by atoms with Gasteiger partial charge in [0, 0.05) is 39.1 Å². The minimum Gasteiger partial charge on any atom is -0.357 e. The van der Waals surface area contributed by atoms with Gasteiger partial charge in [-0.2, -0.15) is 10.2 Å². The zero-order chi connectivity index (χ0) is 14.9. The van der Waals surface area contributed by atoms with Crippen LogP contribution in [0.2, 0.25) is 0 Å². The number of rotatable bonds is 7. The van der Waals surface area contributed by atoms with Crippen molar-refractivity contribution < 1.29 is 0 Å². The van der Waals surface area contributed by atoms with E-state index < -0.39 is 0 Å². The Balaban J connectivity index is 1.77. The molecule has 0 saturated carbocycles. The maximum Gasteiger partial charge on any atom is 0.191 e. The van der Waals surface area contributed by atoms with Crippen molar-refractivity contribution in [2.45, 2.75) is 26.4 Å². The Morgan fingerprint density at radius 1 is 1.33 bits per heavy atom. The molecule has 0 spiro atoms. The summed E-state index contributed by atoms with van der Waals surface area (Å²) < 4.78 is 3.65. The summed E-state index contributed by atoms with van der Waals surface area (Å²) in [5.41, 5.74) is 0. The van der Waals surface area contributed by atoms with Gasteiger partial charge in [0.2, 0.25) is 0 Å². The monoisotopic (exact) mass is 290 g/mol. The second-order valence-corrected chi connectivity index (χ2v) is 4.54. The molecule has 8 nitrogen and oxygen atoms in total. The summed E-state index contributed by atoms with van der Waals surface area (Å²) >= 11 is 0. The van der Waals surface area contributed by atoms with Gasteiger partial charge < -0.3 is 10.6 Å². The molecule has 0 aliphatic rings. The lowest BCUT2D eigenvalue weighted by Gasteiger charge is -2.11. The molecule has 0 aliphatic carbocycles. The lowest BCUT2D eigenvalue weighted by molar-refractivity contribution is 0.570. The maximum absolute atomic E-state index is 4.50. The van der Waals surface area contributed by atoms with Crippen LogP contribution in [0.15, 0.2) is 29.8 Å². The highest BCUT2D eigenvalue weighted by Gasteiger charge is 2.01. The first-order chi connectivity index (χ1) is 10.3. The largest absolute Gasteiger partial charge is 0.357 e. The first kappa shape index (κ1) is 15.0. The average molecular weight is 290 g/mol. The van der Waals surface area contributed by atoms with Crippen LogP contribution < -0.4 is 10.6 Å². The summed E-state index contributed by atoms with van der Waals surface area (Å²) in [7, 11) is 1.86. The van der Waals surface area contributed by atoms with Gasteiger partial charge in [0.1, 0.15) is 18.7 Å². The Bertz CT molecular complexity index is 542. The average Bonchev–Trinajstić information content (AvgIpc) is 3.12. The summed E-state index contributed by atoms with van der Waals surface area (Å²) in [6.07, 6.45) is 6.28. The van der Waals surface area contributed by atoms with Gasteiger partial charge in [-0.1, -0.05) is 0 Å². The molecule has 2 rings (SSSR count). The van der Waals surface area contributed by atoms with Crippen molar-refractivity contribution in [2.24, 2.45) is 12.0 Å². The quantitative estimate of drug-likeness (QED) is 0.431. The van der Waals surface area contributed by atoms with Crippen LogP contribution in [0.25, 0.3) is 0 Å². The Morgan fingerprint density at radius 3 is 2.90 bits per heavy atom. The molecule has 114 valence electrons. The van der Waals surface area contributed by atoms with Gasteiger partial charge in [-0.15, -0.1) is 0 Å². The van der Waals surface area contributed by atoms with Crippen molar-refractivity contribution in [3.63, 3.8) is 0 Å². The normalized spacial score (nSPS) is 11.6. The summed E-state index contributed by atoms with van der Waals surface area (Å²) in [5.74, 6) is 1.63. The molecule has 2 heterocycles. The molecule has 0 bridgehead atoms. The first-order valence-corrected chi connectivity index (χ1v) is 7.12. The van der Waals surface area contributed by atoms with Crippen LogP contribution in [0, 0.1) is 0 Å². The fraction of sp³-hybridized carbons (Fsp3) is 0.538. The van der Waals surface area contributed by atoms with Crippen LogP contribution in [0.1, 0.15) is 19.2 Å². The molecule has 0 aromatic carbocycles. The van der Waals surface area contributed by atoms with Crippen LogP contribution >= 0.6 is 0 Å². The maximum atomic E-state index is 4.50. The molecular weight excluding hydrogens is 268 g/mol. The van der Waals surface area contributed by atoms with Crippen molar-refractivity contribution in [2.75, 3.05) is 13.1 Å². The van der Waals surface area contributed by atoms with E-state index in [0.717, 1.165) is 37.8 Å². The van der Waals surface area contributed by atoms with Crippen LogP contribution in [0.5, 0.6) is 0 Å². The number of aromatic nitrogens is 5. The van der Waals surface area contributed by atoms with E-state index in [2.05, 4.69) is 30.8 Å². The molecule has 0 fully saturated rings. The van der Waals surface area contributed by atoms with Gasteiger partial charge in [-0.05, 0) is 19.4 Å². The summed E-state index contributed by atoms with van der Waals surface area (Å²) in [6, 6.07) is 1.93. The number of aryl methyl sites for hydroxylation is 2. The predicted molar refractivity (Wildman–Crippen MR) is 80.7 cm³/mol. The Labute approximate surface area is 124 Å². The number of aliphatic imine (C=N–C) groups is 1. The molecule has 0 atom stereocenters. The predicted octanol–water partition coefficient (Wildman–Crippen LogP) is 0.157. The number of nitrogens with zero attached hydrogens (tertiary/aromatic N) is 6. The SMILES string of the molecule is CCNC(=NCc1ncnn1C)NCCCn1cccn1. The van der Waals surface area contributed by atoms with E-state index in [9.17, 15) is 0 Å². The van der Waals surface area contributed by atoms with E-state index >= 15 is 0 Å². The first-order valence-electron chi connectivity index (χ1n) is 7.12. The van der Waals surface area contributed by atoms with E-state index in [0.29, 0.717) is 6.54 Å². The molecule has 0 unspecified atom stereocenters.